The van der Waals surface area contributed by atoms with Gasteiger partial charge in [-0.05, 0) is 31.2 Å². The Labute approximate surface area is 144 Å². The van der Waals surface area contributed by atoms with Gasteiger partial charge in [0.25, 0.3) is 5.56 Å². The molecule has 3 aromatic rings. The molecule has 126 valence electrons. The largest absolute Gasteiger partial charge is 0.350 e. The summed E-state index contributed by atoms with van der Waals surface area (Å²) in [5, 5.41) is 2.75. The standard InChI is InChI=1S/C18H17N5O2/c1-12-14(10-16(24)21-11-13-6-2-4-8-19-13)18(25)23-17(22-12)15-7-3-5-9-20-15/h2-9H,10-11H2,1H3,(H,21,24)(H,22,23,25). The summed E-state index contributed by atoms with van der Waals surface area (Å²) < 4.78 is 0. The van der Waals surface area contributed by atoms with Gasteiger partial charge in [-0.3, -0.25) is 19.6 Å². The van der Waals surface area contributed by atoms with Gasteiger partial charge in [-0.15, -0.1) is 0 Å². The lowest BCUT2D eigenvalue weighted by Crippen LogP contribution is -2.29. The van der Waals surface area contributed by atoms with Gasteiger partial charge in [-0.2, -0.15) is 0 Å². The molecule has 0 aliphatic rings. The molecule has 0 saturated heterocycles. The zero-order valence-corrected chi connectivity index (χ0v) is 13.7. The maximum atomic E-state index is 12.3. The second kappa shape index (κ2) is 7.48. The van der Waals surface area contributed by atoms with Crippen LogP contribution in [-0.4, -0.2) is 25.8 Å². The van der Waals surface area contributed by atoms with Crippen molar-refractivity contribution >= 4 is 5.91 Å². The maximum absolute atomic E-state index is 12.3. The third kappa shape index (κ3) is 4.14. The Morgan fingerprint density at radius 2 is 1.88 bits per heavy atom. The molecule has 3 rings (SSSR count). The first kappa shape index (κ1) is 16.5. The van der Waals surface area contributed by atoms with E-state index < -0.39 is 0 Å². The molecule has 0 aliphatic carbocycles. The molecule has 0 bridgehead atoms. The number of hydrogen-bond acceptors (Lipinski definition) is 5. The topological polar surface area (TPSA) is 101 Å². The fraction of sp³-hybridized carbons (Fsp3) is 0.167. The molecule has 0 saturated carbocycles. The van der Waals surface area contributed by atoms with Crippen LogP contribution in [0, 0.1) is 6.92 Å². The average Bonchev–Trinajstić information content (AvgIpc) is 2.64. The SMILES string of the molecule is Cc1nc(-c2ccccn2)[nH]c(=O)c1CC(=O)NCc1ccccn1. The first-order valence-electron chi connectivity index (χ1n) is 7.81. The number of aryl methyl sites for hydroxylation is 1. The summed E-state index contributed by atoms with van der Waals surface area (Å²) in [7, 11) is 0. The minimum absolute atomic E-state index is 0.0382. The van der Waals surface area contributed by atoms with E-state index in [4.69, 9.17) is 0 Å². The highest BCUT2D eigenvalue weighted by molar-refractivity contribution is 5.78. The van der Waals surface area contributed by atoms with E-state index in [2.05, 4.69) is 25.3 Å². The molecule has 1 amide bonds. The molecular formula is C18H17N5O2. The first-order chi connectivity index (χ1) is 12.1. The molecule has 3 aromatic heterocycles. The van der Waals surface area contributed by atoms with Crippen LogP contribution in [-0.2, 0) is 17.8 Å². The Morgan fingerprint density at radius 1 is 1.12 bits per heavy atom. The Kier molecular flexibility index (Phi) is 4.94. The predicted octanol–water partition coefficient (Wildman–Crippen LogP) is 1.39. The number of nitrogens with zero attached hydrogens (tertiary/aromatic N) is 3. The quantitative estimate of drug-likeness (QED) is 0.734. The van der Waals surface area contributed by atoms with Crippen LogP contribution in [0.4, 0.5) is 0 Å². The molecule has 0 atom stereocenters. The molecule has 25 heavy (non-hydrogen) atoms. The number of aromatic amines is 1. The van der Waals surface area contributed by atoms with Crippen molar-refractivity contribution in [2.24, 2.45) is 0 Å². The van der Waals surface area contributed by atoms with E-state index in [9.17, 15) is 9.59 Å². The number of carbonyl (C=O) groups is 1. The molecule has 2 N–H and O–H groups in total. The fourth-order valence-electron chi connectivity index (χ4n) is 2.36. The fourth-order valence-corrected chi connectivity index (χ4v) is 2.36. The molecule has 7 nitrogen and oxygen atoms in total. The van der Waals surface area contributed by atoms with Gasteiger partial charge in [-0.1, -0.05) is 12.1 Å². The van der Waals surface area contributed by atoms with Crippen molar-refractivity contribution in [1.82, 2.24) is 25.3 Å². The minimum atomic E-state index is -0.332. The molecule has 0 aromatic carbocycles. The number of rotatable bonds is 5. The van der Waals surface area contributed by atoms with Gasteiger partial charge in [0.05, 0.1) is 18.7 Å². The van der Waals surface area contributed by atoms with Crippen LogP contribution in [0.2, 0.25) is 0 Å². The monoisotopic (exact) mass is 335 g/mol. The summed E-state index contributed by atoms with van der Waals surface area (Å²) in [6.45, 7) is 2.03. The summed E-state index contributed by atoms with van der Waals surface area (Å²) >= 11 is 0. The highest BCUT2D eigenvalue weighted by Crippen LogP contribution is 2.11. The Morgan fingerprint density at radius 3 is 2.52 bits per heavy atom. The van der Waals surface area contributed by atoms with E-state index >= 15 is 0 Å². The van der Waals surface area contributed by atoms with Crippen LogP contribution < -0.4 is 10.9 Å². The van der Waals surface area contributed by atoms with E-state index in [1.54, 1.807) is 31.5 Å². The summed E-state index contributed by atoms with van der Waals surface area (Å²) in [5.41, 5.74) is 1.86. The van der Waals surface area contributed by atoms with Crippen molar-refractivity contribution in [3.8, 4) is 11.5 Å². The van der Waals surface area contributed by atoms with Gasteiger partial charge >= 0.3 is 0 Å². The lowest BCUT2D eigenvalue weighted by atomic mass is 10.1. The van der Waals surface area contributed by atoms with Gasteiger partial charge in [0.1, 0.15) is 5.69 Å². The molecule has 0 fully saturated rings. The normalized spacial score (nSPS) is 10.4. The second-order valence-electron chi connectivity index (χ2n) is 5.47. The maximum Gasteiger partial charge on any atom is 0.255 e. The van der Waals surface area contributed by atoms with Crippen molar-refractivity contribution < 1.29 is 4.79 Å². The van der Waals surface area contributed by atoms with Crippen LogP contribution in [0.5, 0.6) is 0 Å². The smallest absolute Gasteiger partial charge is 0.255 e. The third-order valence-electron chi connectivity index (χ3n) is 3.66. The zero-order valence-electron chi connectivity index (χ0n) is 13.7. The number of amides is 1. The predicted molar refractivity (Wildman–Crippen MR) is 92.6 cm³/mol. The van der Waals surface area contributed by atoms with E-state index in [1.807, 2.05) is 24.3 Å². The summed E-state index contributed by atoms with van der Waals surface area (Å²) in [6.07, 6.45) is 3.25. The van der Waals surface area contributed by atoms with Crippen LogP contribution in [0.15, 0.2) is 53.6 Å². The summed E-state index contributed by atoms with van der Waals surface area (Å²) in [4.78, 5) is 39.8. The van der Waals surface area contributed by atoms with Gasteiger partial charge in [-0.25, -0.2) is 4.98 Å². The van der Waals surface area contributed by atoms with Crippen LogP contribution in [0.3, 0.4) is 0 Å². The first-order valence-corrected chi connectivity index (χ1v) is 7.81. The minimum Gasteiger partial charge on any atom is -0.350 e. The van der Waals surface area contributed by atoms with Crippen LogP contribution >= 0.6 is 0 Å². The van der Waals surface area contributed by atoms with Gasteiger partial charge in [0.2, 0.25) is 5.91 Å². The van der Waals surface area contributed by atoms with Gasteiger partial charge < -0.3 is 10.3 Å². The van der Waals surface area contributed by atoms with E-state index in [0.29, 0.717) is 29.3 Å². The van der Waals surface area contributed by atoms with E-state index in [1.165, 1.54) is 0 Å². The lowest BCUT2D eigenvalue weighted by Gasteiger charge is -2.08. The van der Waals surface area contributed by atoms with Gasteiger partial charge in [0, 0.05) is 23.7 Å². The van der Waals surface area contributed by atoms with Crippen LogP contribution in [0.25, 0.3) is 11.5 Å². The molecule has 0 spiro atoms. The molecule has 3 heterocycles. The number of carbonyl (C=O) groups excluding carboxylic acids is 1. The lowest BCUT2D eigenvalue weighted by molar-refractivity contribution is -0.120. The second-order valence-corrected chi connectivity index (χ2v) is 5.47. The van der Waals surface area contributed by atoms with Crippen molar-refractivity contribution in [2.75, 3.05) is 0 Å². The average molecular weight is 335 g/mol. The zero-order chi connectivity index (χ0) is 17.6. The Bertz CT molecular complexity index is 923. The molecular weight excluding hydrogens is 318 g/mol. The van der Waals surface area contributed by atoms with Gasteiger partial charge in [0.15, 0.2) is 5.82 Å². The van der Waals surface area contributed by atoms with Crippen molar-refractivity contribution in [3.63, 3.8) is 0 Å². The molecule has 0 unspecified atom stereocenters. The molecule has 7 heteroatoms. The summed E-state index contributed by atoms with van der Waals surface area (Å²) in [6, 6.07) is 10.8. The van der Waals surface area contributed by atoms with Crippen molar-refractivity contribution in [2.45, 2.75) is 19.9 Å². The Balaban J connectivity index is 1.72. The molecule has 0 radical (unpaired) electrons. The molecule has 0 aliphatic heterocycles. The number of aromatic nitrogens is 4. The Hall–Kier alpha value is -3.35. The number of H-pyrrole nitrogens is 1. The van der Waals surface area contributed by atoms with Crippen LogP contribution in [0.1, 0.15) is 17.0 Å². The van der Waals surface area contributed by atoms with Crippen molar-refractivity contribution in [3.05, 3.63) is 76.1 Å². The number of nitrogens with one attached hydrogen (secondary N) is 2. The highest BCUT2D eigenvalue weighted by Gasteiger charge is 2.13. The summed E-state index contributed by atoms with van der Waals surface area (Å²) in [5.74, 6) is 0.132. The number of pyridine rings is 2. The van der Waals surface area contributed by atoms with E-state index in [-0.39, 0.29) is 17.9 Å². The van der Waals surface area contributed by atoms with E-state index in [0.717, 1.165) is 5.69 Å². The third-order valence-corrected chi connectivity index (χ3v) is 3.66. The highest BCUT2D eigenvalue weighted by atomic mass is 16.2. The van der Waals surface area contributed by atoms with Crippen molar-refractivity contribution in [1.29, 1.82) is 0 Å². The number of hydrogen-bond donors (Lipinski definition) is 2.